The molecular weight excluding hydrogens is 634 g/mol. The summed E-state index contributed by atoms with van der Waals surface area (Å²) in [5, 5.41) is 8.87. The van der Waals surface area contributed by atoms with E-state index in [4.69, 9.17) is 0 Å². The standard InChI is InChI=1S/C32H39BrF2N6O3/c1-20-14-24(11-12-28(20)33)23(4)41-19-26(36-37-41)18-40-21(2)15-39(16-22(40)3)30(42)25-8-7-13-38(17-25)31(43)27-9-5-6-10-29(27)44-32(34)35/h5-6,9-12,14,19,21-23,25,32H,7-8,13,15-18H2,1-4H3/t21-,22+,23-,25?/m0/s1. The maximum atomic E-state index is 13.7. The summed E-state index contributed by atoms with van der Waals surface area (Å²) in [6, 6.07) is 12.5. The van der Waals surface area contributed by atoms with E-state index < -0.39 is 12.5 Å². The zero-order chi connectivity index (χ0) is 31.5. The van der Waals surface area contributed by atoms with Crippen molar-refractivity contribution in [3.8, 4) is 5.75 Å². The van der Waals surface area contributed by atoms with Crippen LogP contribution >= 0.6 is 15.9 Å². The number of aryl methyl sites for hydroxylation is 1. The molecule has 2 aliphatic rings. The summed E-state index contributed by atoms with van der Waals surface area (Å²) >= 11 is 3.56. The number of piperidine rings is 1. The molecule has 0 spiro atoms. The molecule has 0 N–H and O–H groups in total. The molecule has 3 aromatic rings. The normalized spacial score (nSPS) is 21.9. The van der Waals surface area contributed by atoms with Gasteiger partial charge in [-0.2, -0.15) is 8.78 Å². The first-order chi connectivity index (χ1) is 21.0. The Hall–Kier alpha value is -3.38. The molecule has 3 heterocycles. The van der Waals surface area contributed by atoms with Crippen LogP contribution in [0.5, 0.6) is 5.75 Å². The summed E-state index contributed by atoms with van der Waals surface area (Å²) in [6.07, 6.45) is 3.34. The topological polar surface area (TPSA) is 83.8 Å². The molecule has 0 aliphatic carbocycles. The molecule has 44 heavy (non-hydrogen) atoms. The van der Waals surface area contributed by atoms with E-state index in [1.807, 2.05) is 15.8 Å². The SMILES string of the molecule is Cc1cc([C@H](C)n2cc(CN3[C@H](C)CN(C(=O)C4CCCN(C(=O)c5ccccc5OC(F)F)C4)C[C@@H]3C)nn2)ccc1Br. The third-order valence-corrected chi connectivity index (χ3v) is 9.66. The molecule has 2 amide bonds. The van der Waals surface area contributed by atoms with Crippen molar-refractivity contribution in [2.24, 2.45) is 5.92 Å². The zero-order valence-corrected chi connectivity index (χ0v) is 27.1. The highest BCUT2D eigenvalue weighted by molar-refractivity contribution is 9.10. The first kappa shape index (κ1) is 32.0. The molecular formula is C32H39BrF2N6O3. The molecule has 4 atom stereocenters. The summed E-state index contributed by atoms with van der Waals surface area (Å²) in [6.45, 7) is 7.86. The van der Waals surface area contributed by atoms with Crippen LogP contribution in [0, 0.1) is 12.8 Å². The summed E-state index contributed by atoms with van der Waals surface area (Å²) in [7, 11) is 0. The maximum absolute atomic E-state index is 13.7. The first-order valence-electron chi connectivity index (χ1n) is 15.1. The fourth-order valence-corrected chi connectivity index (χ4v) is 6.57. The van der Waals surface area contributed by atoms with Crippen LogP contribution in [0.2, 0.25) is 0 Å². The Kier molecular flexibility index (Phi) is 9.99. The average molecular weight is 674 g/mol. The lowest BCUT2D eigenvalue weighted by atomic mass is 9.94. The maximum Gasteiger partial charge on any atom is 0.387 e. The number of alkyl halides is 2. The van der Waals surface area contributed by atoms with E-state index in [-0.39, 0.29) is 47.8 Å². The number of nitrogens with zero attached hydrogens (tertiary/aromatic N) is 6. The molecule has 2 aromatic carbocycles. The lowest BCUT2D eigenvalue weighted by Crippen LogP contribution is -2.59. The number of carbonyl (C=O) groups excluding carboxylic acids is 2. The van der Waals surface area contributed by atoms with Crippen LogP contribution in [0.25, 0.3) is 0 Å². The van der Waals surface area contributed by atoms with E-state index in [2.05, 4.69) is 81.8 Å². The summed E-state index contributed by atoms with van der Waals surface area (Å²) < 4.78 is 33.3. The fraction of sp³-hybridized carbons (Fsp3) is 0.500. The van der Waals surface area contributed by atoms with Crippen molar-refractivity contribution in [2.45, 2.75) is 71.8 Å². The van der Waals surface area contributed by atoms with Crippen LogP contribution in [-0.2, 0) is 11.3 Å². The number of amides is 2. The predicted octanol–water partition coefficient (Wildman–Crippen LogP) is 5.53. The Morgan fingerprint density at radius 3 is 2.50 bits per heavy atom. The average Bonchev–Trinajstić information content (AvgIpc) is 3.48. The highest BCUT2D eigenvalue weighted by Gasteiger charge is 2.37. The Balaban J connectivity index is 1.19. The Bertz CT molecular complexity index is 1470. The number of hydrogen-bond donors (Lipinski definition) is 0. The van der Waals surface area contributed by atoms with Crippen molar-refractivity contribution < 1.29 is 23.1 Å². The van der Waals surface area contributed by atoms with E-state index in [9.17, 15) is 18.4 Å². The lowest BCUT2D eigenvalue weighted by Gasteiger charge is -2.45. The van der Waals surface area contributed by atoms with Gasteiger partial charge in [-0.05, 0) is 69.9 Å². The molecule has 2 aliphatic heterocycles. The monoisotopic (exact) mass is 672 g/mol. The van der Waals surface area contributed by atoms with Gasteiger partial charge in [0.15, 0.2) is 0 Å². The molecule has 9 nitrogen and oxygen atoms in total. The number of rotatable bonds is 8. The van der Waals surface area contributed by atoms with Gasteiger partial charge >= 0.3 is 6.61 Å². The van der Waals surface area contributed by atoms with E-state index in [0.717, 1.165) is 15.7 Å². The van der Waals surface area contributed by atoms with Gasteiger partial charge in [-0.15, -0.1) is 5.10 Å². The van der Waals surface area contributed by atoms with Gasteiger partial charge in [0.25, 0.3) is 5.91 Å². The van der Waals surface area contributed by atoms with Gasteiger partial charge in [-0.1, -0.05) is 45.4 Å². The number of para-hydroxylation sites is 1. The number of halogens is 3. The molecule has 0 radical (unpaired) electrons. The van der Waals surface area contributed by atoms with Crippen molar-refractivity contribution >= 4 is 27.7 Å². The smallest absolute Gasteiger partial charge is 0.387 e. The molecule has 0 saturated carbocycles. The molecule has 1 aromatic heterocycles. The van der Waals surface area contributed by atoms with E-state index >= 15 is 0 Å². The third-order valence-electron chi connectivity index (χ3n) is 8.77. The number of hydrogen-bond acceptors (Lipinski definition) is 6. The second-order valence-electron chi connectivity index (χ2n) is 12.0. The molecule has 0 bridgehead atoms. The zero-order valence-electron chi connectivity index (χ0n) is 25.5. The number of benzene rings is 2. The Labute approximate surface area is 265 Å². The van der Waals surface area contributed by atoms with Crippen molar-refractivity contribution in [3.05, 3.63) is 75.5 Å². The quantitative estimate of drug-likeness (QED) is 0.313. The Morgan fingerprint density at radius 2 is 1.80 bits per heavy atom. The van der Waals surface area contributed by atoms with Crippen molar-refractivity contribution in [1.82, 2.24) is 29.7 Å². The van der Waals surface area contributed by atoms with Gasteiger partial charge in [0.05, 0.1) is 29.4 Å². The summed E-state index contributed by atoms with van der Waals surface area (Å²) in [5.41, 5.74) is 3.28. The van der Waals surface area contributed by atoms with Gasteiger partial charge in [-0.3, -0.25) is 14.5 Å². The highest BCUT2D eigenvalue weighted by atomic mass is 79.9. The van der Waals surface area contributed by atoms with E-state index in [1.54, 1.807) is 17.0 Å². The van der Waals surface area contributed by atoms with Crippen molar-refractivity contribution in [1.29, 1.82) is 0 Å². The fourth-order valence-electron chi connectivity index (χ4n) is 6.32. The van der Waals surface area contributed by atoms with Crippen LogP contribution in [0.3, 0.4) is 0 Å². The largest absolute Gasteiger partial charge is 0.434 e. The summed E-state index contributed by atoms with van der Waals surface area (Å²) in [5.74, 6) is -0.867. The minimum atomic E-state index is -3.03. The van der Waals surface area contributed by atoms with Gasteiger partial charge in [0, 0.05) is 49.3 Å². The van der Waals surface area contributed by atoms with Crippen LogP contribution in [0.15, 0.2) is 53.1 Å². The molecule has 1 unspecified atom stereocenters. The third kappa shape index (κ3) is 7.12. The van der Waals surface area contributed by atoms with Crippen LogP contribution < -0.4 is 4.74 Å². The number of carbonyl (C=O) groups is 2. The molecule has 236 valence electrons. The first-order valence-corrected chi connectivity index (χ1v) is 15.9. The second-order valence-corrected chi connectivity index (χ2v) is 12.8. The second kappa shape index (κ2) is 13.7. The summed E-state index contributed by atoms with van der Waals surface area (Å²) in [4.78, 5) is 32.8. The van der Waals surface area contributed by atoms with Gasteiger partial charge in [0.1, 0.15) is 5.75 Å². The number of likely N-dealkylation sites (tertiary alicyclic amines) is 1. The molecule has 12 heteroatoms. The Morgan fingerprint density at radius 1 is 1.07 bits per heavy atom. The van der Waals surface area contributed by atoms with E-state index in [1.165, 1.54) is 17.7 Å². The minimum Gasteiger partial charge on any atom is -0.434 e. The predicted molar refractivity (Wildman–Crippen MR) is 165 cm³/mol. The number of ether oxygens (including phenoxy) is 1. The van der Waals surface area contributed by atoms with Crippen LogP contribution in [-0.4, -0.2) is 86.4 Å². The van der Waals surface area contributed by atoms with Crippen LogP contribution in [0.1, 0.15) is 66.8 Å². The number of aromatic nitrogens is 3. The highest BCUT2D eigenvalue weighted by Crippen LogP contribution is 2.28. The van der Waals surface area contributed by atoms with E-state index in [0.29, 0.717) is 39.0 Å². The molecule has 2 fully saturated rings. The van der Waals surface area contributed by atoms with Crippen molar-refractivity contribution in [3.63, 3.8) is 0 Å². The van der Waals surface area contributed by atoms with Gasteiger partial charge < -0.3 is 14.5 Å². The molecule has 2 saturated heterocycles. The minimum absolute atomic E-state index is 0.0301. The molecule has 5 rings (SSSR count). The van der Waals surface area contributed by atoms with Crippen molar-refractivity contribution in [2.75, 3.05) is 26.2 Å². The van der Waals surface area contributed by atoms with Gasteiger partial charge in [-0.25, -0.2) is 4.68 Å². The number of piperazine rings is 1. The lowest BCUT2D eigenvalue weighted by molar-refractivity contribution is -0.141. The van der Waals surface area contributed by atoms with Gasteiger partial charge in [0.2, 0.25) is 5.91 Å². The van der Waals surface area contributed by atoms with Crippen LogP contribution in [0.4, 0.5) is 8.78 Å².